The van der Waals surface area contributed by atoms with Gasteiger partial charge in [-0.3, -0.25) is 19.7 Å². The first-order valence-electron chi connectivity index (χ1n) is 14.1. The van der Waals surface area contributed by atoms with Crippen LogP contribution in [-0.4, -0.2) is 59.5 Å². The Labute approximate surface area is 224 Å². The van der Waals surface area contributed by atoms with E-state index in [1.54, 1.807) is 4.90 Å². The number of fused-ring (bicyclic) bond motifs is 1. The van der Waals surface area contributed by atoms with Gasteiger partial charge in [-0.25, -0.2) is 4.79 Å². The van der Waals surface area contributed by atoms with E-state index in [9.17, 15) is 19.2 Å². The molecular weight excluding hydrogens is 484 g/mol. The van der Waals surface area contributed by atoms with Crippen LogP contribution in [0.15, 0.2) is 18.2 Å². The van der Waals surface area contributed by atoms with Crippen LogP contribution in [0.1, 0.15) is 88.1 Å². The molecule has 0 aromatic heterocycles. The first kappa shape index (κ1) is 26.5. The van der Waals surface area contributed by atoms with Crippen LogP contribution in [0.25, 0.3) is 0 Å². The van der Waals surface area contributed by atoms with Crippen molar-refractivity contribution in [1.82, 2.24) is 15.5 Å². The average Bonchev–Trinajstić information content (AvgIpc) is 3.45. The van der Waals surface area contributed by atoms with E-state index < -0.39 is 11.6 Å². The minimum atomic E-state index is -0.616. The monoisotopic (exact) mass is 524 g/mol. The second-order valence-corrected chi connectivity index (χ2v) is 12.3. The molecule has 2 aliphatic heterocycles. The summed E-state index contributed by atoms with van der Waals surface area (Å²) in [7, 11) is 0. The van der Waals surface area contributed by atoms with Gasteiger partial charge in [-0.1, -0.05) is 18.9 Å². The number of amides is 4. The minimum absolute atomic E-state index is 0.135. The van der Waals surface area contributed by atoms with Crippen LogP contribution in [0.5, 0.6) is 0 Å². The van der Waals surface area contributed by atoms with Crippen LogP contribution in [0, 0.1) is 11.8 Å². The Balaban J connectivity index is 1.30. The van der Waals surface area contributed by atoms with Crippen molar-refractivity contribution < 1.29 is 23.9 Å². The Morgan fingerprint density at radius 1 is 1.11 bits per heavy atom. The zero-order chi connectivity index (χ0) is 27.0. The molecule has 2 N–H and O–H groups in total. The SMILES string of the molecule is CC(C)(C)OC(=O)NC[C@@H]1CC[C@@H](N(CCC2CC2)c2cccc3c2CN(C2CCC(=O)NC2=O)C3=O)C1. The molecule has 206 valence electrons. The fraction of sp³-hybridized carbons (Fsp3) is 0.655. The highest BCUT2D eigenvalue weighted by atomic mass is 16.6. The fourth-order valence-electron chi connectivity index (χ4n) is 6.13. The molecule has 9 heteroatoms. The minimum Gasteiger partial charge on any atom is -0.444 e. The van der Waals surface area contributed by atoms with E-state index in [1.165, 1.54) is 12.8 Å². The Morgan fingerprint density at radius 2 is 1.87 bits per heavy atom. The standard InChI is InChI=1S/C29H40N4O5/c1-29(2,3)38-28(37)30-16-19-9-10-20(15-19)32(14-13-18-7-8-18)23-6-4-5-21-22(23)17-33(27(21)36)24-11-12-25(34)31-26(24)35/h4-6,18-20,24H,7-17H2,1-3H3,(H,30,37)(H,31,34,35)/t19-,20-,24?/m1/s1. The summed E-state index contributed by atoms with van der Waals surface area (Å²) in [5, 5.41) is 5.34. The zero-order valence-corrected chi connectivity index (χ0v) is 22.8. The maximum absolute atomic E-state index is 13.4. The molecule has 3 atom stereocenters. The van der Waals surface area contributed by atoms with E-state index in [0.717, 1.165) is 49.4 Å². The summed E-state index contributed by atoms with van der Waals surface area (Å²) in [6.45, 7) is 7.50. The number of imide groups is 1. The number of anilines is 1. The summed E-state index contributed by atoms with van der Waals surface area (Å²) in [4.78, 5) is 53.9. The Bertz CT molecular complexity index is 1110. The predicted octanol–water partition coefficient (Wildman–Crippen LogP) is 3.75. The second kappa shape index (κ2) is 10.6. The molecule has 2 saturated carbocycles. The summed E-state index contributed by atoms with van der Waals surface area (Å²) in [6.07, 6.45) is 6.96. The van der Waals surface area contributed by atoms with Crippen molar-refractivity contribution in [2.75, 3.05) is 18.0 Å². The van der Waals surface area contributed by atoms with Crippen LogP contribution >= 0.6 is 0 Å². The number of hydrogen-bond donors (Lipinski definition) is 2. The third kappa shape index (κ3) is 5.97. The highest BCUT2D eigenvalue weighted by Crippen LogP contribution is 2.40. The third-order valence-electron chi connectivity index (χ3n) is 8.23. The quantitative estimate of drug-likeness (QED) is 0.502. The molecule has 1 saturated heterocycles. The summed E-state index contributed by atoms with van der Waals surface area (Å²) in [5.41, 5.74) is 2.20. The molecule has 4 amide bonds. The lowest BCUT2D eigenvalue weighted by Gasteiger charge is -2.34. The van der Waals surface area contributed by atoms with Gasteiger partial charge in [0.15, 0.2) is 0 Å². The van der Waals surface area contributed by atoms with E-state index in [0.29, 0.717) is 37.0 Å². The topological polar surface area (TPSA) is 108 Å². The van der Waals surface area contributed by atoms with E-state index >= 15 is 0 Å². The molecule has 0 radical (unpaired) electrons. The molecule has 1 unspecified atom stereocenters. The van der Waals surface area contributed by atoms with Crippen molar-refractivity contribution in [3.05, 3.63) is 29.3 Å². The molecule has 4 aliphatic rings. The lowest BCUT2D eigenvalue weighted by atomic mass is 10.0. The first-order chi connectivity index (χ1) is 18.1. The highest BCUT2D eigenvalue weighted by molar-refractivity contribution is 6.06. The Kier molecular flexibility index (Phi) is 7.38. The van der Waals surface area contributed by atoms with Gasteiger partial charge in [-0.2, -0.15) is 0 Å². The zero-order valence-electron chi connectivity index (χ0n) is 22.8. The second-order valence-electron chi connectivity index (χ2n) is 12.3. The predicted molar refractivity (Wildman–Crippen MR) is 143 cm³/mol. The molecule has 2 aliphatic carbocycles. The van der Waals surface area contributed by atoms with Crippen molar-refractivity contribution in [1.29, 1.82) is 0 Å². The van der Waals surface area contributed by atoms with Crippen molar-refractivity contribution in [2.24, 2.45) is 11.8 Å². The Morgan fingerprint density at radius 3 is 2.58 bits per heavy atom. The van der Waals surface area contributed by atoms with E-state index in [1.807, 2.05) is 32.9 Å². The molecule has 2 heterocycles. The van der Waals surface area contributed by atoms with Gasteiger partial charge in [-0.15, -0.1) is 0 Å². The number of carbonyl (C=O) groups is 4. The van der Waals surface area contributed by atoms with Gasteiger partial charge < -0.3 is 19.9 Å². The van der Waals surface area contributed by atoms with E-state index in [2.05, 4.69) is 21.6 Å². The number of alkyl carbamates (subject to hydrolysis) is 1. The number of nitrogens with one attached hydrogen (secondary N) is 2. The smallest absolute Gasteiger partial charge is 0.407 e. The van der Waals surface area contributed by atoms with Gasteiger partial charge in [0.25, 0.3) is 5.91 Å². The lowest BCUT2D eigenvalue weighted by molar-refractivity contribution is -0.136. The van der Waals surface area contributed by atoms with Crippen LogP contribution < -0.4 is 15.5 Å². The van der Waals surface area contributed by atoms with E-state index in [4.69, 9.17) is 4.74 Å². The molecule has 3 fully saturated rings. The molecule has 5 rings (SSSR count). The number of ether oxygens (including phenoxy) is 1. The molecule has 1 aromatic carbocycles. The van der Waals surface area contributed by atoms with Crippen molar-refractivity contribution in [3.8, 4) is 0 Å². The molecule has 0 spiro atoms. The van der Waals surface area contributed by atoms with Crippen LogP contribution in [-0.2, 0) is 20.9 Å². The molecule has 1 aromatic rings. The number of hydrogen-bond acceptors (Lipinski definition) is 6. The van der Waals surface area contributed by atoms with Gasteiger partial charge in [0.05, 0.1) is 0 Å². The average molecular weight is 525 g/mol. The van der Waals surface area contributed by atoms with Crippen LogP contribution in [0.3, 0.4) is 0 Å². The van der Waals surface area contributed by atoms with E-state index in [-0.39, 0.29) is 30.2 Å². The fourth-order valence-corrected chi connectivity index (χ4v) is 6.13. The van der Waals surface area contributed by atoms with Gasteiger partial charge in [0.1, 0.15) is 11.6 Å². The lowest BCUT2D eigenvalue weighted by Crippen LogP contribution is -2.52. The van der Waals surface area contributed by atoms with Crippen LogP contribution in [0.4, 0.5) is 10.5 Å². The maximum atomic E-state index is 13.4. The summed E-state index contributed by atoms with van der Waals surface area (Å²) < 4.78 is 5.40. The largest absolute Gasteiger partial charge is 0.444 e. The van der Waals surface area contributed by atoms with Crippen molar-refractivity contribution >= 4 is 29.5 Å². The molecule has 9 nitrogen and oxygen atoms in total. The van der Waals surface area contributed by atoms with Crippen molar-refractivity contribution in [3.63, 3.8) is 0 Å². The molecule has 38 heavy (non-hydrogen) atoms. The summed E-state index contributed by atoms with van der Waals surface area (Å²) >= 11 is 0. The number of carbonyl (C=O) groups excluding carboxylic acids is 4. The van der Waals surface area contributed by atoms with Crippen molar-refractivity contribution in [2.45, 2.75) is 96.4 Å². The highest BCUT2D eigenvalue weighted by Gasteiger charge is 2.41. The first-order valence-corrected chi connectivity index (χ1v) is 14.1. The van der Waals surface area contributed by atoms with Gasteiger partial charge in [0, 0.05) is 48.9 Å². The number of benzene rings is 1. The Hall–Kier alpha value is -3.10. The summed E-state index contributed by atoms with van der Waals surface area (Å²) in [6, 6.07) is 5.62. The third-order valence-corrected chi connectivity index (χ3v) is 8.23. The van der Waals surface area contributed by atoms with Gasteiger partial charge in [0.2, 0.25) is 11.8 Å². The van der Waals surface area contributed by atoms with Gasteiger partial charge >= 0.3 is 6.09 Å². The molecular formula is C29H40N4O5. The maximum Gasteiger partial charge on any atom is 0.407 e. The number of nitrogens with zero attached hydrogens (tertiary/aromatic N) is 2. The molecule has 0 bridgehead atoms. The van der Waals surface area contributed by atoms with Gasteiger partial charge in [-0.05, 0) is 76.8 Å². The number of piperidine rings is 1. The number of rotatable bonds is 8. The van der Waals surface area contributed by atoms with Crippen LogP contribution in [0.2, 0.25) is 0 Å². The summed E-state index contributed by atoms with van der Waals surface area (Å²) in [5.74, 6) is 0.352. The normalized spacial score (nSPS) is 25.3.